The van der Waals surface area contributed by atoms with Gasteiger partial charge in [-0.3, -0.25) is 19.5 Å². The summed E-state index contributed by atoms with van der Waals surface area (Å²) >= 11 is 0. The smallest absolute Gasteiger partial charge is 0.410 e. The number of Topliss-reactive ketones (excluding diaryl/α,β-unsaturated/α-hetero) is 1. The molecule has 8 rings (SSSR count). The molecular weight excluding hydrogens is 840 g/mol. The molecular formula is C50H72F3N5O7. The van der Waals surface area contributed by atoms with Crippen molar-refractivity contribution in [2.24, 2.45) is 0 Å². The third-order valence-electron chi connectivity index (χ3n) is 12.9. The summed E-state index contributed by atoms with van der Waals surface area (Å²) < 4.78 is 59.9. The summed E-state index contributed by atoms with van der Waals surface area (Å²) in [7, 11) is 0. The highest BCUT2D eigenvalue weighted by atomic mass is 19.1. The molecule has 11 atom stereocenters. The van der Waals surface area contributed by atoms with Crippen molar-refractivity contribution in [3.63, 3.8) is 0 Å². The molecule has 65 heavy (non-hydrogen) atoms. The molecule has 2 N–H and O–H groups in total. The van der Waals surface area contributed by atoms with Crippen LogP contribution >= 0.6 is 0 Å². The van der Waals surface area contributed by atoms with E-state index < -0.39 is 47.5 Å². The van der Waals surface area contributed by atoms with Gasteiger partial charge >= 0.3 is 18.3 Å². The van der Waals surface area contributed by atoms with E-state index in [9.17, 15) is 32.3 Å². The molecule has 3 amide bonds. The van der Waals surface area contributed by atoms with Crippen molar-refractivity contribution >= 4 is 24.1 Å². The molecule has 6 fully saturated rings. The van der Waals surface area contributed by atoms with E-state index in [1.807, 2.05) is 102 Å². The number of halogens is 3. The van der Waals surface area contributed by atoms with E-state index in [1.54, 1.807) is 30.6 Å². The largest absolute Gasteiger partial charge is 0.444 e. The number of carbonyl (C=O) groups excluding carboxylic acids is 4. The minimum absolute atomic E-state index is 0.0742. The molecule has 6 bridgehead atoms. The van der Waals surface area contributed by atoms with E-state index in [2.05, 4.69) is 10.6 Å². The van der Waals surface area contributed by atoms with E-state index >= 15 is 0 Å². The normalized spacial score (nSPS) is 30.4. The molecule has 2 aromatic carbocycles. The molecule has 6 saturated heterocycles. The van der Waals surface area contributed by atoms with Crippen LogP contribution in [0.15, 0.2) is 60.7 Å². The molecule has 0 spiro atoms. The molecule has 0 aromatic heterocycles. The number of fused-ring (bicyclic) bond motifs is 6. The quantitative estimate of drug-likeness (QED) is 0.273. The van der Waals surface area contributed by atoms with Crippen molar-refractivity contribution < 1.29 is 46.6 Å². The topological polar surface area (TPSA) is 130 Å². The van der Waals surface area contributed by atoms with Gasteiger partial charge in [0, 0.05) is 49.7 Å². The van der Waals surface area contributed by atoms with Gasteiger partial charge in [0.05, 0.1) is 18.1 Å². The number of alkyl halides is 3. The Labute approximate surface area is 383 Å². The summed E-state index contributed by atoms with van der Waals surface area (Å²) in [6.45, 7) is 17.7. The second-order valence-electron chi connectivity index (χ2n) is 21.4. The fraction of sp³-hybridized carbons (Fsp3) is 0.680. The number of benzene rings is 2. The molecule has 0 aliphatic carbocycles. The average molecular weight is 912 g/mol. The Hall–Kier alpha value is -4.37. The molecule has 2 aromatic rings. The number of ether oxygens (including phenoxy) is 3. The molecule has 0 radical (unpaired) electrons. The lowest BCUT2D eigenvalue weighted by Crippen LogP contribution is -2.59. The fourth-order valence-corrected chi connectivity index (χ4v) is 10.1. The van der Waals surface area contributed by atoms with Gasteiger partial charge in [0.2, 0.25) is 0 Å². The second kappa shape index (κ2) is 20.7. The third-order valence-corrected chi connectivity index (χ3v) is 12.9. The van der Waals surface area contributed by atoms with Crippen LogP contribution in [0, 0.1) is 0 Å². The first-order chi connectivity index (χ1) is 30.5. The maximum atomic E-state index is 15.0. The Balaban J connectivity index is 0.000000164. The zero-order valence-corrected chi connectivity index (χ0v) is 39.7. The number of nitrogens with zero attached hydrogens (tertiary/aromatic N) is 3. The molecule has 6 aliphatic rings. The van der Waals surface area contributed by atoms with Crippen LogP contribution in [0.25, 0.3) is 0 Å². The standard InChI is InChI=1S/2C19H27FN2O2.C12H18FNO3/c2*1-19(2,3)24-18(23)22-14-9-10-16(22)17(20)15(11-14)21-12-13-7-5-4-6-8-13;1-12(2,3)17-11(16)14-7-4-5-8(14)10(13)9(15)6-7/h2*4-8,14-17,21H,9-12H2,1-3H3;7-8,10H,4-6H2,1-3H3/t14-,15+,16+,17-;14-,15-,16+,17-;7-,8+,10+/m111/s1. The third kappa shape index (κ3) is 13.0. The van der Waals surface area contributed by atoms with Gasteiger partial charge in [-0.05, 0) is 125 Å². The zero-order chi connectivity index (χ0) is 47.4. The highest BCUT2D eigenvalue weighted by molar-refractivity contribution is 5.87. The van der Waals surface area contributed by atoms with Crippen LogP contribution in [0.1, 0.15) is 131 Å². The molecule has 6 heterocycles. The highest BCUT2D eigenvalue weighted by Gasteiger charge is 2.53. The number of ketones is 1. The SMILES string of the molecule is CC(C)(C)OC(=O)N1[C@@H]2CC[C@H]1[C@H](F)C(=O)C2.CC(C)(C)OC(=O)N1[C@@H]2CC[C@H]1[C@H](F)[C@@H](NCc1ccccc1)C2.CC(C)(C)OC(=O)N1[C@@H]2CC[C@H]1[C@H](F)[C@H](NCc1ccccc1)C2. The maximum Gasteiger partial charge on any atom is 0.410 e. The number of nitrogens with one attached hydrogen (secondary N) is 2. The van der Waals surface area contributed by atoms with Gasteiger partial charge in [0.25, 0.3) is 0 Å². The summed E-state index contributed by atoms with van der Waals surface area (Å²) in [5.41, 5.74) is 0.595. The molecule has 0 saturated carbocycles. The van der Waals surface area contributed by atoms with E-state index in [-0.39, 0.29) is 66.7 Å². The van der Waals surface area contributed by atoms with Gasteiger partial charge in [-0.15, -0.1) is 0 Å². The van der Waals surface area contributed by atoms with Crippen LogP contribution in [0.4, 0.5) is 27.6 Å². The monoisotopic (exact) mass is 912 g/mol. The predicted molar refractivity (Wildman–Crippen MR) is 242 cm³/mol. The Bertz CT molecular complexity index is 1820. The molecule has 360 valence electrons. The minimum atomic E-state index is -1.54. The minimum Gasteiger partial charge on any atom is -0.444 e. The van der Waals surface area contributed by atoms with Gasteiger partial charge < -0.3 is 24.8 Å². The van der Waals surface area contributed by atoms with E-state index in [1.165, 1.54) is 4.90 Å². The number of piperidine rings is 3. The molecule has 12 nitrogen and oxygen atoms in total. The molecule has 0 unspecified atom stereocenters. The van der Waals surface area contributed by atoms with E-state index in [0.717, 1.165) is 24.0 Å². The van der Waals surface area contributed by atoms with Gasteiger partial charge in [-0.2, -0.15) is 0 Å². The highest BCUT2D eigenvalue weighted by Crippen LogP contribution is 2.40. The Kier molecular flexibility index (Phi) is 15.9. The summed E-state index contributed by atoms with van der Waals surface area (Å²) in [4.78, 5) is 52.9. The van der Waals surface area contributed by atoms with Gasteiger partial charge in [-0.25, -0.2) is 27.6 Å². The first-order valence-corrected chi connectivity index (χ1v) is 23.5. The van der Waals surface area contributed by atoms with Crippen LogP contribution in [-0.2, 0) is 32.1 Å². The predicted octanol–water partition coefficient (Wildman–Crippen LogP) is 9.37. The number of hydrogen-bond donors (Lipinski definition) is 2. The number of amides is 3. The van der Waals surface area contributed by atoms with Gasteiger partial charge in [-0.1, -0.05) is 60.7 Å². The summed E-state index contributed by atoms with van der Waals surface area (Å²) in [6, 6.07) is 18.2. The molecule has 15 heteroatoms. The van der Waals surface area contributed by atoms with E-state index in [4.69, 9.17) is 14.2 Å². The number of carbonyl (C=O) groups is 4. The van der Waals surface area contributed by atoms with E-state index in [0.29, 0.717) is 51.6 Å². The average Bonchev–Trinajstić information content (AvgIpc) is 3.88. The molecule has 6 aliphatic heterocycles. The maximum absolute atomic E-state index is 15.0. The first kappa shape index (κ1) is 50.1. The second-order valence-corrected chi connectivity index (χ2v) is 21.4. The van der Waals surface area contributed by atoms with Crippen molar-refractivity contribution in [3.05, 3.63) is 71.8 Å². The van der Waals surface area contributed by atoms with Crippen molar-refractivity contribution in [1.82, 2.24) is 25.3 Å². The van der Waals surface area contributed by atoms with Gasteiger partial charge in [0.1, 0.15) is 29.1 Å². The lowest BCUT2D eigenvalue weighted by Gasteiger charge is -2.41. The van der Waals surface area contributed by atoms with Crippen LogP contribution in [-0.4, -0.2) is 122 Å². The van der Waals surface area contributed by atoms with Crippen LogP contribution < -0.4 is 10.6 Å². The summed E-state index contributed by atoms with van der Waals surface area (Å²) in [5.74, 6) is -0.377. The Morgan fingerprint density at radius 2 is 0.877 bits per heavy atom. The zero-order valence-electron chi connectivity index (χ0n) is 39.7. The van der Waals surface area contributed by atoms with Crippen LogP contribution in [0.5, 0.6) is 0 Å². The lowest BCUT2D eigenvalue weighted by molar-refractivity contribution is -0.130. The van der Waals surface area contributed by atoms with Crippen molar-refractivity contribution in [2.45, 2.75) is 217 Å². The number of rotatable bonds is 6. The van der Waals surface area contributed by atoms with Crippen molar-refractivity contribution in [3.8, 4) is 0 Å². The van der Waals surface area contributed by atoms with Crippen LogP contribution in [0.2, 0.25) is 0 Å². The van der Waals surface area contributed by atoms with Crippen LogP contribution in [0.3, 0.4) is 0 Å². The summed E-state index contributed by atoms with van der Waals surface area (Å²) in [5, 5.41) is 6.68. The lowest BCUT2D eigenvalue weighted by atomic mass is 9.95. The fourth-order valence-electron chi connectivity index (χ4n) is 10.1. The Morgan fingerprint density at radius 3 is 1.25 bits per heavy atom. The van der Waals surface area contributed by atoms with Crippen molar-refractivity contribution in [2.75, 3.05) is 0 Å². The Morgan fingerprint density at radius 1 is 0.538 bits per heavy atom. The van der Waals surface area contributed by atoms with Gasteiger partial charge in [0.15, 0.2) is 12.0 Å². The summed E-state index contributed by atoms with van der Waals surface area (Å²) in [6.07, 6.45) is 0.891. The number of hydrogen-bond acceptors (Lipinski definition) is 9. The van der Waals surface area contributed by atoms with Crippen molar-refractivity contribution in [1.29, 1.82) is 0 Å². The first-order valence-electron chi connectivity index (χ1n) is 23.5.